The van der Waals surface area contributed by atoms with Gasteiger partial charge in [0.15, 0.2) is 11.4 Å². The first kappa shape index (κ1) is 9.51. The number of benzene rings is 1. The van der Waals surface area contributed by atoms with Gasteiger partial charge >= 0.3 is 0 Å². The Labute approximate surface area is 76.6 Å². The minimum atomic E-state index is -0.266. The maximum Gasteiger partial charge on any atom is 0.155 e. The van der Waals surface area contributed by atoms with Crippen LogP contribution in [0.15, 0.2) is 29.6 Å². The fourth-order valence-corrected chi connectivity index (χ4v) is 1.13. The van der Waals surface area contributed by atoms with E-state index in [0.717, 1.165) is 5.56 Å². The van der Waals surface area contributed by atoms with Crippen molar-refractivity contribution in [2.45, 2.75) is 19.4 Å². The van der Waals surface area contributed by atoms with E-state index >= 15 is 0 Å². The van der Waals surface area contributed by atoms with Gasteiger partial charge in [0.1, 0.15) is 0 Å². The Kier molecular flexibility index (Phi) is 3.25. The molecule has 0 saturated heterocycles. The van der Waals surface area contributed by atoms with Gasteiger partial charge in [-0.3, -0.25) is 0 Å². The molecule has 1 aromatic carbocycles. The fraction of sp³-hybridized carbons (Fsp3) is 0.333. The number of nitrogens with two attached hydrogens (primary N) is 1. The second-order valence-corrected chi connectivity index (χ2v) is 2.74. The summed E-state index contributed by atoms with van der Waals surface area (Å²) >= 11 is 0. The van der Waals surface area contributed by atoms with Crippen LogP contribution in [0.25, 0.3) is 0 Å². The number of hydrogen-bond acceptors (Lipinski definition) is 4. The van der Waals surface area contributed by atoms with Gasteiger partial charge in [0, 0.05) is 5.69 Å². The average Bonchev–Trinajstić information content (AvgIpc) is 2.16. The van der Waals surface area contributed by atoms with Crippen molar-refractivity contribution in [3.63, 3.8) is 0 Å². The van der Waals surface area contributed by atoms with E-state index in [0.29, 0.717) is 12.1 Å². The first-order chi connectivity index (χ1) is 6.27. The van der Waals surface area contributed by atoms with Gasteiger partial charge < -0.3 is 10.6 Å². The van der Waals surface area contributed by atoms with Crippen LogP contribution in [0.5, 0.6) is 0 Å². The van der Waals surface area contributed by atoms with Crippen LogP contribution in [0.2, 0.25) is 0 Å². The first-order valence-electron chi connectivity index (χ1n) is 4.11. The lowest BCUT2D eigenvalue weighted by Crippen LogP contribution is -1.98. The summed E-state index contributed by atoms with van der Waals surface area (Å²) in [6, 6.07) is 7.20. The van der Waals surface area contributed by atoms with Gasteiger partial charge in [-0.15, -0.1) is 4.91 Å². The fourth-order valence-electron chi connectivity index (χ4n) is 1.13. The van der Waals surface area contributed by atoms with Crippen molar-refractivity contribution < 1.29 is 4.84 Å². The molecule has 1 unspecified atom stereocenters. The lowest BCUT2D eigenvalue weighted by molar-refractivity contribution is 0.0520. The zero-order valence-electron chi connectivity index (χ0n) is 7.43. The number of nitrogens with zero attached hydrogens (tertiary/aromatic N) is 1. The molecule has 0 spiro atoms. The second-order valence-electron chi connectivity index (χ2n) is 2.74. The van der Waals surface area contributed by atoms with Gasteiger partial charge in [0.25, 0.3) is 0 Å². The first-order valence-corrected chi connectivity index (χ1v) is 4.11. The predicted octanol–water partition coefficient (Wildman–Crippen LogP) is 2.42. The van der Waals surface area contributed by atoms with Gasteiger partial charge in [-0.1, -0.05) is 19.1 Å². The highest BCUT2D eigenvalue weighted by molar-refractivity contribution is 5.39. The van der Waals surface area contributed by atoms with Crippen LogP contribution < -0.4 is 5.73 Å². The summed E-state index contributed by atoms with van der Waals surface area (Å²) in [6.45, 7) is 1.92. The summed E-state index contributed by atoms with van der Waals surface area (Å²) in [6.07, 6.45) is 0.438. The molecule has 0 aliphatic carbocycles. The van der Waals surface area contributed by atoms with Gasteiger partial charge in [0.05, 0.1) is 0 Å². The predicted molar refractivity (Wildman–Crippen MR) is 50.8 cm³/mol. The van der Waals surface area contributed by atoms with Crippen LogP contribution in [0.4, 0.5) is 5.69 Å². The third kappa shape index (κ3) is 2.43. The lowest BCUT2D eigenvalue weighted by atomic mass is 10.1. The molecule has 1 aromatic rings. The molecule has 0 radical (unpaired) electrons. The summed E-state index contributed by atoms with van der Waals surface area (Å²) in [4.78, 5) is 14.6. The third-order valence-electron chi connectivity index (χ3n) is 1.85. The van der Waals surface area contributed by atoms with E-state index in [4.69, 9.17) is 5.73 Å². The molecule has 0 heterocycles. The van der Waals surface area contributed by atoms with E-state index in [-0.39, 0.29) is 6.10 Å². The van der Waals surface area contributed by atoms with Crippen LogP contribution in [-0.2, 0) is 4.84 Å². The van der Waals surface area contributed by atoms with Crippen molar-refractivity contribution in [1.29, 1.82) is 0 Å². The molecule has 0 aliphatic heterocycles. The monoisotopic (exact) mass is 180 g/mol. The van der Waals surface area contributed by atoms with E-state index < -0.39 is 0 Å². The van der Waals surface area contributed by atoms with E-state index in [2.05, 4.69) is 10.2 Å². The number of anilines is 1. The maximum atomic E-state index is 9.92. The van der Waals surface area contributed by atoms with Crippen molar-refractivity contribution in [3.8, 4) is 0 Å². The molecule has 0 aromatic heterocycles. The topological polar surface area (TPSA) is 64.7 Å². The quantitative estimate of drug-likeness (QED) is 0.439. The maximum absolute atomic E-state index is 9.92. The molecule has 0 fully saturated rings. The van der Waals surface area contributed by atoms with E-state index in [1.165, 1.54) is 0 Å². The van der Waals surface area contributed by atoms with Gasteiger partial charge in [-0.25, -0.2) is 0 Å². The zero-order valence-corrected chi connectivity index (χ0v) is 7.43. The summed E-state index contributed by atoms with van der Waals surface area (Å²) in [5, 5.41) is 2.42. The SMILES string of the molecule is CCC(ON=O)c1ccc(N)cc1. The zero-order chi connectivity index (χ0) is 9.68. The Morgan fingerprint density at radius 3 is 2.54 bits per heavy atom. The lowest BCUT2D eigenvalue weighted by Gasteiger charge is -2.10. The molecular weight excluding hydrogens is 168 g/mol. The number of nitrogen functional groups attached to an aromatic ring is 1. The van der Waals surface area contributed by atoms with Crippen molar-refractivity contribution in [2.24, 2.45) is 5.34 Å². The van der Waals surface area contributed by atoms with E-state index in [1.54, 1.807) is 12.1 Å². The highest BCUT2D eigenvalue weighted by Gasteiger charge is 2.09. The van der Waals surface area contributed by atoms with Crippen LogP contribution in [0.1, 0.15) is 25.0 Å². The molecular formula is C9H12N2O2. The number of rotatable bonds is 4. The Morgan fingerprint density at radius 1 is 1.46 bits per heavy atom. The van der Waals surface area contributed by atoms with Crippen LogP contribution in [-0.4, -0.2) is 0 Å². The molecule has 1 atom stereocenters. The summed E-state index contributed by atoms with van der Waals surface area (Å²) in [5.74, 6) is 0. The van der Waals surface area contributed by atoms with Gasteiger partial charge in [0.2, 0.25) is 0 Å². The van der Waals surface area contributed by atoms with Crippen molar-refractivity contribution >= 4 is 5.69 Å². The second kappa shape index (κ2) is 4.45. The Bertz CT molecular complexity index is 271. The summed E-state index contributed by atoms with van der Waals surface area (Å²) < 4.78 is 0. The summed E-state index contributed by atoms with van der Waals surface area (Å²) in [7, 11) is 0. The van der Waals surface area contributed by atoms with Gasteiger partial charge in [-0.2, -0.15) is 0 Å². The molecule has 0 saturated carbocycles. The highest BCUT2D eigenvalue weighted by Crippen LogP contribution is 2.21. The smallest absolute Gasteiger partial charge is 0.155 e. The largest absolute Gasteiger partial charge is 0.399 e. The van der Waals surface area contributed by atoms with Crippen LogP contribution in [0, 0.1) is 4.91 Å². The van der Waals surface area contributed by atoms with Crippen molar-refractivity contribution in [3.05, 3.63) is 34.7 Å². The molecule has 4 nitrogen and oxygen atoms in total. The molecule has 4 heteroatoms. The molecule has 70 valence electrons. The molecule has 0 aliphatic rings. The Hall–Kier alpha value is -1.58. The van der Waals surface area contributed by atoms with Crippen molar-refractivity contribution in [1.82, 2.24) is 0 Å². The molecule has 2 N–H and O–H groups in total. The van der Waals surface area contributed by atoms with Gasteiger partial charge in [-0.05, 0) is 24.1 Å². The highest BCUT2D eigenvalue weighted by atomic mass is 16.7. The van der Waals surface area contributed by atoms with E-state index in [1.807, 2.05) is 19.1 Å². The normalized spacial score (nSPS) is 12.1. The summed E-state index contributed by atoms with van der Waals surface area (Å²) in [5.41, 5.74) is 7.12. The number of hydrogen-bond donors (Lipinski definition) is 1. The van der Waals surface area contributed by atoms with Crippen molar-refractivity contribution in [2.75, 3.05) is 5.73 Å². The third-order valence-corrected chi connectivity index (χ3v) is 1.85. The molecule has 0 bridgehead atoms. The Morgan fingerprint density at radius 2 is 2.08 bits per heavy atom. The molecule has 1 rings (SSSR count). The van der Waals surface area contributed by atoms with Crippen LogP contribution >= 0.6 is 0 Å². The standard InChI is InChI=1S/C9H12N2O2/c1-2-9(13-11-12)7-3-5-8(10)6-4-7/h3-6,9H,2,10H2,1H3. The van der Waals surface area contributed by atoms with E-state index in [9.17, 15) is 4.91 Å². The molecule has 13 heavy (non-hydrogen) atoms. The Balaban J connectivity index is 2.78. The minimum Gasteiger partial charge on any atom is -0.399 e. The van der Waals surface area contributed by atoms with Crippen LogP contribution in [0.3, 0.4) is 0 Å². The minimum absolute atomic E-state index is 0.266. The average molecular weight is 180 g/mol. The molecule has 0 amide bonds.